The second-order valence-electron chi connectivity index (χ2n) is 8.31. The van der Waals surface area contributed by atoms with Crippen LogP contribution in [0.2, 0.25) is 0 Å². The number of amides is 3. The van der Waals surface area contributed by atoms with Crippen molar-refractivity contribution in [1.82, 2.24) is 10.2 Å². The number of aliphatic carboxylic acids is 1. The Morgan fingerprint density at radius 2 is 1.78 bits per heavy atom. The summed E-state index contributed by atoms with van der Waals surface area (Å²) >= 11 is 0. The van der Waals surface area contributed by atoms with Gasteiger partial charge in [0.05, 0.1) is 26.6 Å². The molecule has 3 aromatic carbocycles. The van der Waals surface area contributed by atoms with Crippen LogP contribution in [-0.2, 0) is 29.0 Å². The van der Waals surface area contributed by atoms with Gasteiger partial charge in [-0.15, -0.1) is 0 Å². The van der Waals surface area contributed by atoms with Crippen LogP contribution in [0.15, 0.2) is 66.7 Å². The van der Waals surface area contributed by atoms with Crippen molar-refractivity contribution in [2.24, 2.45) is 0 Å². The number of carbonyl (C=O) groups excluding carboxylic acids is 2. The molecule has 0 unspecified atom stereocenters. The van der Waals surface area contributed by atoms with Crippen LogP contribution in [-0.4, -0.2) is 48.4 Å². The molecule has 1 saturated heterocycles. The molecule has 4 rings (SSSR count). The maximum absolute atomic E-state index is 12.5. The monoisotopic (exact) mass is 505 g/mol. The third-order valence-electron chi connectivity index (χ3n) is 5.62. The Labute approximate surface area is 213 Å². The quantitative estimate of drug-likeness (QED) is 0.373. The number of carbonyl (C=O) groups is 3. The topological polar surface area (TPSA) is 126 Å². The van der Waals surface area contributed by atoms with Crippen LogP contribution in [0.4, 0.5) is 15.3 Å². The van der Waals surface area contributed by atoms with Gasteiger partial charge in [-0.2, -0.15) is 0 Å². The molecule has 3 aromatic rings. The maximum atomic E-state index is 12.5. The highest BCUT2D eigenvalue weighted by atomic mass is 16.6. The number of benzene rings is 3. The normalized spacial score (nSPS) is 12.6. The van der Waals surface area contributed by atoms with Crippen molar-refractivity contribution in [3.63, 3.8) is 0 Å². The third-order valence-corrected chi connectivity index (χ3v) is 5.62. The number of urea groups is 1. The number of nitrogens with one attached hydrogen (secondary N) is 2. The van der Waals surface area contributed by atoms with Crippen LogP contribution >= 0.6 is 0 Å². The zero-order valence-electron chi connectivity index (χ0n) is 20.2. The SMILES string of the molecule is COc1ccc(CC(=O)O)cc1Oc1ccc(NC(=O)NCc2ccccc2)cc1CN1CCOC1=O. The van der Waals surface area contributed by atoms with Crippen LogP contribution < -0.4 is 20.1 Å². The Bertz CT molecular complexity index is 1280. The van der Waals surface area contributed by atoms with Crippen molar-refractivity contribution in [2.75, 3.05) is 25.6 Å². The first-order valence-corrected chi connectivity index (χ1v) is 11.6. The lowest BCUT2D eigenvalue weighted by molar-refractivity contribution is -0.136. The zero-order chi connectivity index (χ0) is 26.2. The van der Waals surface area contributed by atoms with Gasteiger partial charge in [0.15, 0.2) is 11.5 Å². The molecule has 0 atom stereocenters. The number of cyclic esters (lactones) is 1. The smallest absolute Gasteiger partial charge is 0.410 e. The second-order valence-corrected chi connectivity index (χ2v) is 8.31. The minimum Gasteiger partial charge on any atom is -0.493 e. The lowest BCUT2D eigenvalue weighted by Crippen LogP contribution is -2.28. The summed E-state index contributed by atoms with van der Waals surface area (Å²) in [5.41, 5.74) is 2.63. The first-order valence-electron chi connectivity index (χ1n) is 11.6. The summed E-state index contributed by atoms with van der Waals surface area (Å²) in [6.07, 6.45) is -0.612. The molecule has 10 heteroatoms. The van der Waals surface area contributed by atoms with Gasteiger partial charge in [0.25, 0.3) is 0 Å². The average molecular weight is 506 g/mol. The number of hydrogen-bond acceptors (Lipinski definition) is 6. The van der Waals surface area contributed by atoms with Gasteiger partial charge >= 0.3 is 18.1 Å². The van der Waals surface area contributed by atoms with Crippen molar-refractivity contribution in [3.05, 3.63) is 83.4 Å². The summed E-state index contributed by atoms with van der Waals surface area (Å²) in [7, 11) is 1.49. The molecule has 0 spiro atoms. The van der Waals surface area contributed by atoms with Crippen molar-refractivity contribution < 1.29 is 33.7 Å². The zero-order valence-corrected chi connectivity index (χ0v) is 20.2. The van der Waals surface area contributed by atoms with E-state index in [2.05, 4.69) is 10.6 Å². The van der Waals surface area contributed by atoms with Gasteiger partial charge in [0.2, 0.25) is 0 Å². The van der Waals surface area contributed by atoms with Crippen LogP contribution in [0.25, 0.3) is 0 Å². The predicted octanol–water partition coefficient (Wildman–Crippen LogP) is 4.39. The molecule has 10 nitrogen and oxygen atoms in total. The largest absolute Gasteiger partial charge is 0.493 e. The van der Waals surface area contributed by atoms with Crippen LogP contribution in [0, 0.1) is 0 Å². The minimum atomic E-state index is -0.967. The molecule has 0 radical (unpaired) electrons. The van der Waals surface area contributed by atoms with E-state index in [9.17, 15) is 14.4 Å². The van der Waals surface area contributed by atoms with E-state index in [1.807, 2.05) is 30.3 Å². The van der Waals surface area contributed by atoms with Crippen LogP contribution in [0.1, 0.15) is 16.7 Å². The van der Waals surface area contributed by atoms with Gasteiger partial charge in [-0.3, -0.25) is 4.79 Å². The number of hydrogen-bond donors (Lipinski definition) is 3. The van der Waals surface area contributed by atoms with E-state index in [1.54, 1.807) is 36.4 Å². The first kappa shape index (κ1) is 25.4. The number of carboxylic acids is 1. The summed E-state index contributed by atoms with van der Waals surface area (Å²) in [4.78, 5) is 37.3. The second kappa shape index (κ2) is 11.8. The molecule has 1 aliphatic rings. The van der Waals surface area contributed by atoms with E-state index in [1.165, 1.54) is 12.0 Å². The molecule has 192 valence electrons. The third kappa shape index (κ3) is 6.91. The number of ether oxygens (including phenoxy) is 3. The van der Waals surface area contributed by atoms with Crippen molar-refractivity contribution in [3.8, 4) is 17.2 Å². The molecular formula is C27H27N3O7. The highest BCUT2D eigenvalue weighted by Crippen LogP contribution is 2.36. The fourth-order valence-corrected chi connectivity index (χ4v) is 3.81. The van der Waals surface area contributed by atoms with E-state index >= 15 is 0 Å². The summed E-state index contributed by atoms with van der Waals surface area (Å²) in [5.74, 6) is 0.196. The van der Waals surface area contributed by atoms with E-state index in [-0.39, 0.29) is 19.0 Å². The standard InChI is InChI=1S/C27H27N3O7/c1-35-23-9-7-19(14-25(31)32)13-24(23)37-22-10-8-21(15-20(22)17-30-11-12-36-27(30)34)29-26(33)28-16-18-5-3-2-4-6-18/h2-10,13,15H,11-12,14,16-17H2,1H3,(H,31,32)(H2,28,29,33). The highest BCUT2D eigenvalue weighted by Gasteiger charge is 2.24. The molecule has 0 aromatic heterocycles. The fourth-order valence-electron chi connectivity index (χ4n) is 3.81. The van der Waals surface area contributed by atoms with Gasteiger partial charge in [-0.05, 0) is 41.5 Å². The van der Waals surface area contributed by atoms with Crippen LogP contribution in [0.3, 0.4) is 0 Å². The number of anilines is 1. The van der Waals surface area contributed by atoms with Crippen molar-refractivity contribution in [2.45, 2.75) is 19.5 Å². The number of methoxy groups -OCH3 is 1. The Morgan fingerprint density at radius 3 is 2.49 bits per heavy atom. The molecule has 3 amide bonds. The summed E-state index contributed by atoms with van der Waals surface area (Å²) in [5, 5.41) is 14.8. The number of nitrogens with zero attached hydrogens (tertiary/aromatic N) is 1. The summed E-state index contributed by atoms with van der Waals surface area (Å²) in [6, 6.07) is 19.1. The van der Waals surface area contributed by atoms with E-state index in [4.69, 9.17) is 19.3 Å². The molecule has 0 bridgehead atoms. The Balaban J connectivity index is 1.55. The molecular weight excluding hydrogens is 478 g/mol. The molecule has 37 heavy (non-hydrogen) atoms. The van der Waals surface area contributed by atoms with Gasteiger partial charge in [0, 0.05) is 17.8 Å². The van der Waals surface area contributed by atoms with Crippen LogP contribution in [0.5, 0.6) is 17.2 Å². The van der Waals surface area contributed by atoms with E-state index in [0.29, 0.717) is 53.8 Å². The summed E-state index contributed by atoms with van der Waals surface area (Å²) < 4.78 is 16.6. The lowest BCUT2D eigenvalue weighted by atomic mass is 10.1. The van der Waals surface area contributed by atoms with Gasteiger partial charge in [0.1, 0.15) is 12.4 Å². The number of rotatable bonds is 10. The van der Waals surface area contributed by atoms with Crippen molar-refractivity contribution in [1.29, 1.82) is 0 Å². The van der Waals surface area contributed by atoms with E-state index in [0.717, 1.165) is 5.56 Å². The molecule has 1 heterocycles. The fraction of sp³-hybridized carbons (Fsp3) is 0.222. The van der Waals surface area contributed by atoms with Gasteiger partial charge in [-0.1, -0.05) is 36.4 Å². The average Bonchev–Trinajstić information content (AvgIpc) is 3.29. The Kier molecular flexibility index (Phi) is 8.09. The van der Waals surface area contributed by atoms with Crippen molar-refractivity contribution >= 4 is 23.8 Å². The summed E-state index contributed by atoms with van der Waals surface area (Å²) in [6.45, 7) is 1.27. The molecule has 3 N–H and O–H groups in total. The lowest BCUT2D eigenvalue weighted by Gasteiger charge is -2.19. The highest BCUT2D eigenvalue weighted by molar-refractivity contribution is 5.89. The minimum absolute atomic E-state index is 0.173. The Morgan fingerprint density at radius 1 is 1.00 bits per heavy atom. The molecule has 1 fully saturated rings. The predicted molar refractivity (Wildman–Crippen MR) is 135 cm³/mol. The molecule has 1 aliphatic heterocycles. The van der Waals surface area contributed by atoms with Gasteiger partial charge in [-0.25, -0.2) is 9.59 Å². The Hall–Kier alpha value is -4.73. The van der Waals surface area contributed by atoms with E-state index < -0.39 is 12.1 Å². The molecule has 0 aliphatic carbocycles. The maximum Gasteiger partial charge on any atom is 0.410 e. The first-order chi connectivity index (χ1) is 17.9. The molecule has 0 saturated carbocycles. The number of carboxylic acid groups (broad SMARTS) is 1. The van der Waals surface area contributed by atoms with Gasteiger partial charge < -0.3 is 34.9 Å².